The van der Waals surface area contributed by atoms with Crippen molar-refractivity contribution in [3.05, 3.63) is 100 Å². The molecule has 1 saturated heterocycles. The summed E-state index contributed by atoms with van der Waals surface area (Å²) in [6.07, 6.45) is 1.93. The highest BCUT2D eigenvalue weighted by molar-refractivity contribution is 8.18. The highest BCUT2D eigenvalue weighted by atomic mass is 32.2. The molecule has 1 aliphatic rings. The Balaban J connectivity index is 1.51. The molecule has 1 amide bonds. The molecule has 4 aromatic rings. The number of methoxy groups -OCH3 is 1. The molecule has 1 aromatic heterocycles. The van der Waals surface area contributed by atoms with E-state index in [0.29, 0.717) is 22.2 Å². The summed E-state index contributed by atoms with van der Waals surface area (Å²) < 4.78 is 7.38. The van der Waals surface area contributed by atoms with E-state index >= 15 is 0 Å². The molecule has 7 heteroatoms. The Hall–Kier alpha value is -4.28. The van der Waals surface area contributed by atoms with Crippen LogP contribution < -0.4 is 10.1 Å². The zero-order valence-electron chi connectivity index (χ0n) is 19.3. The van der Waals surface area contributed by atoms with Crippen LogP contribution in [-0.4, -0.2) is 22.8 Å². The minimum absolute atomic E-state index is 0.173. The van der Waals surface area contributed by atoms with Crippen LogP contribution in [0.5, 0.6) is 5.75 Å². The number of rotatable bonds is 5. The van der Waals surface area contributed by atoms with Crippen LogP contribution >= 0.6 is 11.8 Å². The van der Waals surface area contributed by atoms with Gasteiger partial charge in [0.2, 0.25) is 0 Å². The fourth-order valence-electron chi connectivity index (χ4n) is 4.17. The van der Waals surface area contributed by atoms with E-state index in [1.54, 1.807) is 7.11 Å². The molecule has 2 heterocycles. The molecule has 0 unspecified atom stereocenters. The van der Waals surface area contributed by atoms with Gasteiger partial charge in [-0.05, 0) is 66.7 Å². The quantitative estimate of drug-likeness (QED) is 0.369. The molecule has 0 saturated carbocycles. The summed E-state index contributed by atoms with van der Waals surface area (Å²) >= 11 is 1.32. The van der Waals surface area contributed by atoms with Crippen LogP contribution in [-0.2, 0) is 11.3 Å². The van der Waals surface area contributed by atoms with Gasteiger partial charge in [0.05, 0.1) is 29.3 Å². The molecule has 0 atom stereocenters. The largest absolute Gasteiger partial charge is 0.497 e. The van der Waals surface area contributed by atoms with Crippen molar-refractivity contribution in [3.63, 3.8) is 0 Å². The second-order valence-electron chi connectivity index (χ2n) is 8.05. The van der Waals surface area contributed by atoms with Crippen molar-refractivity contribution >= 4 is 45.5 Å². The normalized spacial score (nSPS) is 15.5. The van der Waals surface area contributed by atoms with Gasteiger partial charge in [-0.3, -0.25) is 4.79 Å². The smallest absolute Gasteiger partial charge is 0.264 e. The van der Waals surface area contributed by atoms with Gasteiger partial charge in [-0.25, -0.2) is 4.99 Å². The van der Waals surface area contributed by atoms with Crippen molar-refractivity contribution in [3.8, 4) is 11.8 Å². The summed E-state index contributed by atoms with van der Waals surface area (Å²) in [6, 6.07) is 25.4. The molecule has 0 spiro atoms. The number of amides is 1. The molecule has 6 nitrogen and oxygen atoms in total. The van der Waals surface area contributed by atoms with Gasteiger partial charge >= 0.3 is 0 Å². The number of nitrogens with one attached hydrogen (secondary N) is 1. The number of hydrogen-bond acceptors (Lipinski definition) is 5. The molecule has 5 rings (SSSR count). The van der Waals surface area contributed by atoms with Crippen molar-refractivity contribution in [2.75, 3.05) is 7.11 Å². The molecular weight excluding hydrogens is 456 g/mol. The predicted octanol–water partition coefficient (Wildman–Crippen LogP) is 5.77. The molecular formula is C28H22N4O2S. The number of aromatic nitrogens is 1. The lowest BCUT2D eigenvalue weighted by Crippen LogP contribution is -2.19. The Labute approximate surface area is 207 Å². The van der Waals surface area contributed by atoms with Crippen molar-refractivity contribution in [1.82, 2.24) is 9.88 Å². The minimum Gasteiger partial charge on any atom is -0.497 e. The molecule has 1 N–H and O–H groups in total. The number of fused-ring (bicyclic) bond motifs is 1. The number of amidine groups is 1. The number of carbonyl (C=O) groups excluding carboxylic acids is 1. The van der Waals surface area contributed by atoms with E-state index in [1.165, 1.54) is 11.8 Å². The third-order valence-electron chi connectivity index (χ3n) is 5.98. The first kappa shape index (κ1) is 22.5. The maximum Gasteiger partial charge on any atom is 0.264 e. The van der Waals surface area contributed by atoms with E-state index in [9.17, 15) is 10.1 Å². The lowest BCUT2D eigenvalue weighted by molar-refractivity contribution is -0.115. The Bertz CT molecular complexity index is 1540. The number of nitriles is 1. The van der Waals surface area contributed by atoms with Gasteiger partial charge in [0.1, 0.15) is 5.75 Å². The van der Waals surface area contributed by atoms with Gasteiger partial charge in [0.15, 0.2) is 5.17 Å². The monoisotopic (exact) mass is 478 g/mol. The Morgan fingerprint density at radius 2 is 1.83 bits per heavy atom. The summed E-state index contributed by atoms with van der Waals surface area (Å²) in [4.78, 5) is 17.9. The summed E-state index contributed by atoms with van der Waals surface area (Å²) in [5.41, 5.74) is 5.42. The van der Waals surface area contributed by atoms with Gasteiger partial charge in [0, 0.05) is 28.7 Å². The average molecular weight is 479 g/mol. The molecule has 3 aromatic carbocycles. The zero-order chi connectivity index (χ0) is 24.4. The fraction of sp³-hybridized carbons (Fsp3) is 0.107. The third-order valence-corrected chi connectivity index (χ3v) is 6.89. The Morgan fingerprint density at radius 1 is 1.09 bits per heavy atom. The first-order chi connectivity index (χ1) is 17.1. The van der Waals surface area contributed by atoms with Crippen LogP contribution in [0.2, 0.25) is 0 Å². The van der Waals surface area contributed by atoms with E-state index in [-0.39, 0.29) is 5.91 Å². The zero-order valence-corrected chi connectivity index (χ0v) is 20.1. The number of ether oxygens (including phenoxy) is 1. The van der Waals surface area contributed by atoms with Crippen molar-refractivity contribution < 1.29 is 9.53 Å². The van der Waals surface area contributed by atoms with Crippen LogP contribution in [0.1, 0.15) is 22.4 Å². The van der Waals surface area contributed by atoms with E-state index in [2.05, 4.69) is 33.1 Å². The van der Waals surface area contributed by atoms with E-state index in [1.807, 2.05) is 73.7 Å². The summed E-state index contributed by atoms with van der Waals surface area (Å²) in [5.74, 6) is 0.579. The van der Waals surface area contributed by atoms with Gasteiger partial charge in [-0.2, -0.15) is 5.26 Å². The first-order valence-electron chi connectivity index (χ1n) is 11.1. The van der Waals surface area contributed by atoms with Crippen LogP contribution in [0, 0.1) is 18.3 Å². The second-order valence-corrected chi connectivity index (χ2v) is 9.08. The number of carbonyl (C=O) groups is 1. The Morgan fingerprint density at radius 3 is 2.60 bits per heavy atom. The van der Waals surface area contributed by atoms with Crippen LogP contribution in [0.3, 0.4) is 0 Å². The van der Waals surface area contributed by atoms with Crippen molar-refractivity contribution in [2.45, 2.75) is 13.5 Å². The van der Waals surface area contributed by atoms with Gasteiger partial charge in [-0.1, -0.05) is 36.4 Å². The van der Waals surface area contributed by atoms with Gasteiger partial charge in [-0.15, -0.1) is 0 Å². The lowest BCUT2D eigenvalue weighted by Gasteiger charge is -2.10. The van der Waals surface area contributed by atoms with E-state index in [0.717, 1.165) is 39.2 Å². The molecule has 1 fully saturated rings. The second kappa shape index (κ2) is 9.53. The predicted molar refractivity (Wildman–Crippen MR) is 141 cm³/mol. The number of hydrogen-bond donors (Lipinski definition) is 1. The molecule has 35 heavy (non-hydrogen) atoms. The summed E-state index contributed by atoms with van der Waals surface area (Å²) in [5, 5.41) is 14.0. The highest BCUT2D eigenvalue weighted by Gasteiger charge is 2.25. The van der Waals surface area contributed by atoms with Gasteiger partial charge in [0.25, 0.3) is 5.91 Å². The average Bonchev–Trinajstić information content (AvgIpc) is 3.36. The van der Waals surface area contributed by atoms with Crippen molar-refractivity contribution in [2.24, 2.45) is 4.99 Å². The number of thioether (sulfide) groups is 1. The minimum atomic E-state index is -0.173. The third kappa shape index (κ3) is 4.44. The maximum atomic E-state index is 12.8. The number of benzene rings is 3. The number of para-hydroxylation sites is 1. The van der Waals surface area contributed by atoms with Gasteiger partial charge < -0.3 is 14.6 Å². The van der Waals surface area contributed by atoms with Crippen LogP contribution in [0.4, 0.5) is 5.69 Å². The molecule has 1 aliphatic heterocycles. The molecule has 0 bridgehead atoms. The van der Waals surface area contributed by atoms with Crippen molar-refractivity contribution in [1.29, 1.82) is 5.26 Å². The highest BCUT2D eigenvalue weighted by Crippen LogP contribution is 2.34. The van der Waals surface area contributed by atoms with Crippen LogP contribution in [0.15, 0.2) is 82.7 Å². The SMILES string of the molecule is COc1ccc(N=C2NC(=O)/C(=C\c3c(C)n(Cc4ccccc4C#N)c4ccccc34)S2)cc1. The fourth-order valence-corrected chi connectivity index (χ4v) is 4.99. The Kier molecular flexibility index (Phi) is 6.13. The number of nitrogens with zero attached hydrogens (tertiary/aromatic N) is 3. The number of aliphatic imine (C=N–C) groups is 1. The standard InChI is InChI=1S/C28H22N4O2S/c1-18-24(15-26-27(33)31-28(35-26)30-21-11-13-22(34-2)14-12-21)23-9-5-6-10-25(23)32(18)17-20-8-4-3-7-19(20)16-29/h3-15H,17H2,1-2H3,(H,30,31,33)/b26-15+. The maximum absolute atomic E-state index is 12.8. The molecule has 0 radical (unpaired) electrons. The first-order valence-corrected chi connectivity index (χ1v) is 11.9. The lowest BCUT2D eigenvalue weighted by atomic mass is 10.1. The molecule has 172 valence electrons. The summed E-state index contributed by atoms with van der Waals surface area (Å²) in [6.45, 7) is 2.62. The van der Waals surface area contributed by atoms with E-state index < -0.39 is 0 Å². The molecule has 0 aliphatic carbocycles. The summed E-state index contributed by atoms with van der Waals surface area (Å²) in [7, 11) is 1.62. The topological polar surface area (TPSA) is 79.4 Å². The van der Waals surface area contributed by atoms with E-state index in [4.69, 9.17) is 4.74 Å². The van der Waals surface area contributed by atoms with Crippen LogP contribution in [0.25, 0.3) is 17.0 Å².